The van der Waals surface area contributed by atoms with Crippen molar-refractivity contribution in [3.63, 3.8) is 0 Å². The molecule has 40 heavy (non-hydrogen) atoms. The van der Waals surface area contributed by atoms with Gasteiger partial charge in [-0.3, -0.25) is 0 Å². The predicted octanol–water partition coefficient (Wildman–Crippen LogP) is 11.8. The molecule has 0 N–H and O–H groups in total. The van der Waals surface area contributed by atoms with Crippen LogP contribution in [-0.4, -0.2) is 6.61 Å². The smallest absolute Gasteiger partial charge is 0.200 e. The Kier molecular flexibility index (Phi) is 13.1. The van der Waals surface area contributed by atoms with Crippen LogP contribution in [0.5, 0.6) is 5.75 Å². The minimum atomic E-state index is -0.774. The van der Waals surface area contributed by atoms with Crippen molar-refractivity contribution in [3.8, 4) is 5.75 Å². The van der Waals surface area contributed by atoms with Crippen LogP contribution in [0.1, 0.15) is 153 Å². The number of benzene rings is 1. The van der Waals surface area contributed by atoms with E-state index in [1.165, 1.54) is 109 Å². The molecule has 1 nitrogen and oxygen atoms in total. The summed E-state index contributed by atoms with van der Waals surface area (Å²) in [5, 5.41) is 0. The lowest BCUT2D eigenvalue weighted by Crippen LogP contribution is -2.21. The van der Waals surface area contributed by atoms with E-state index >= 15 is 4.39 Å². The molecule has 3 aliphatic rings. The van der Waals surface area contributed by atoms with Crippen LogP contribution in [0, 0.1) is 54.1 Å². The van der Waals surface area contributed by atoms with E-state index < -0.39 is 11.6 Å². The van der Waals surface area contributed by atoms with Crippen LogP contribution in [0.15, 0.2) is 6.07 Å². The second kappa shape index (κ2) is 16.5. The monoisotopic (exact) mass is 558 g/mol. The van der Waals surface area contributed by atoms with E-state index in [-0.39, 0.29) is 5.75 Å². The zero-order valence-corrected chi connectivity index (χ0v) is 26.3. The summed E-state index contributed by atoms with van der Waals surface area (Å²) in [6.07, 6.45) is 27.1. The summed E-state index contributed by atoms with van der Waals surface area (Å²) in [5.41, 5.74) is 1.41. The second-order valence-electron chi connectivity index (χ2n) is 14.3. The minimum absolute atomic E-state index is 0.120. The van der Waals surface area contributed by atoms with Gasteiger partial charge in [-0.05, 0) is 85.3 Å². The fourth-order valence-corrected chi connectivity index (χ4v) is 8.31. The van der Waals surface area contributed by atoms with E-state index in [4.69, 9.17) is 4.74 Å². The first-order valence-corrected chi connectivity index (χ1v) is 17.6. The van der Waals surface area contributed by atoms with E-state index in [0.29, 0.717) is 30.4 Å². The Bertz CT molecular complexity index is 857. The number of hydrogen-bond acceptors (Lipinski definition) is 1. The van der Waals surface area contributed by atoms with E-state index in [0.717, 1.165) is 48.5 Å². The molecule has 0 aromatic heterocycles. The molecular weight excluding hydrogens is 498 g/mol. The standard InChI is InChI=1S/C37H60F2O/c1-4-6-7-8-29-13-15-30(16-14-29)17-18-31-19-21-33(22-20-31)26-40-35-25-27(3)34(36(38)37(35)39)24-23-32-11-9-28(5-2)10-12-32/h25,28-33H,4-24,26H2,1-3H3. The Morgan fingerprint density at radius 1 is 0.625 bits per heavy atom. The summed E-state index contributed by atoms with van der Waals surface area (Å²) in [4.78, 5) is 0. The van der Waals surface area contributed by atoms with Gasteiger partial charge in [-0.2, -0.15) is 4.39 Å². The summed E-state index contributed by atoms with van der Waals surface area (Å²) in [5.74, 6) is 3.49. The highest BCUT2D eigenvalue weighted by atomic mass is 19.2. The summed E-state index contributed by atoms with van der Waals surface area (Å²) in [6.45, 7) is 7.02. The number of hydrogen-bond donors (Lipinski definition) is 0. The van der Waals surface area contributed by atoms with Gasteiger partial charge in [0.25, 0.3) is 0 Å². The van der Waals surface area contributed by atoms with Crippen molar-refractivity contribution in [2.75, 3.05) is 6.61 Å². The van der Waals surface area contributed by atoms with Gasteiger partial charge in [-0.1, -0.05) is 123 Å². The first-order valence-electron chi connectivity index (χ1n) is 17.6. The van der Waals surface area contributed by atoms with Crippen molar-refractivity contribution >= 4 is 0 Å². The molecular formula is C37H60F2O. The van der Waals surface area contributed by atoms with Crippen molar-refractivity contribution in [3.05, 3.63) is 28.8 Å². The maximum Gasteiger partial charge on any atom is 0.200 e. The summed E-state index contributed by atoms with van der Waals surface area (Å²) in [7, 11) is 0. The number of halogens is 2. The molecule has 1 aromatic rings. The first kappa shape index (κ1) is 31.8. The maximum absolute atomic E-state index is 15.1. The van der Waals surface area contributed by atoms with Crippen LogP contribution in [0.2, 0.25) is 0 Å². The molecule has 3 heteroatoms. The Morgan fingerprint density at radius 2 is 1.12 bits per heavy atom. The maximum atomic E-state index is 15.1. The largest absolute Gasteiger partial charge is 0.490 e. The van der Waals surface area contributed by atoms with E-state index in [1.54, 1.807) is 6.07 Å². The SMILES string of the molecule is CCCCCC1CCC(CCC2CCC(COc3cc(C)c(CCC4CCC(CC)CC4)c(F)c3F)CC2)CC1. The molecule has 0 saturated heterocycles. The predicted molar refractivity (Wildman–Crippen MR) is 165 cm³/mol. The van der Waals surface area contributed by atoms with Gasteiger partial charge < -0.3 is 4.74 Å². The van der Waals surface area contributed by atoms with Crippen LogP contribution < -0.4 is 4.74 Å². The van der Waals surface area contributed by atoms with Crippen molar-refractivity contribution in [1.29, 1.82) is 0 Å². The highest BCUT2D eigenvalue weighted by molar-refractivity contribution is 5.38. The lowest BCUT2D eigenvalue weighted by Gasteiger charge is -2.32. The number of unbranched alkanes of at least 4 members (excludes halogenated alkanes) is 2. The number of ether oxygens (including phenoxy) is 1. The fraction of sp³-hybridized carbons (Fsp3) is 0.838. The molecule has 0 unspecified atom stereocenters. The van der Waals surface area contributed by atoms with Gasteiger partial charge in [0.2, 0.25) is 5.82 Å². The molecule has 228 valence electrons. The van der Waals surface area contributed by atoms with Gasteiger partial charge >= 0.3 is 0 Å². The average Bonchev–Trinajstić information content (AvgIpc) is 2.99. The summed E-state index contributed by atoms with van der Waals surface area (Å²) in [6, 6.07) is 1.76. The molecule has 0 radical (unpaired) electrons. The molecule has 1 aromatic carbocycles. The third-order valence-electron chi connectivity index (χ3n) is 11.5. The number of aryl methyl sites for hydroxylation is 1. The quantitative estimate of drug-likeness (QED) is 0.206. The zero-order valence-electron chi connectivity index (χ0n) is 26.3. The highest BCUT2D eigenvalue weighted by Gasteiger charge is 2.26. The number of rotatable bonds is 14. The molecule has 3 aliphatic carbocycles. The molecule has 0 bridgehead atoms. The van der Waals surface area contributed by atoms with Crippen molar-refractivity contribution in [2.24, 2.45) is 35.5 Å². The Labute approximate surface area is 245 Å². The third-order valence-corrected chi connectivity index (χ3v) is 11.5. The van der Waals surface area contributed by atoms with Gasteiger partial charge in [-0.15, -0.1) is 0 Å². The second-order valence-corrected chi connectivity index (χ2v) is 14.3. The van der Waals surface area contributed by atoms with Gasteiger partial charge in [-0.25, -0.2) is 4.39 Å². The van der Waals surface area contributed by atoms with Crippen molar-refractivity contribution in [1.82, 2.24) is 0 Å². The highest BCUT2D eigenvalue weighted by Crippen LogP contribution is 2.39. The van der Waals surface area contributed by atoms with E-state index in [1.807, 2.05) is 6.92 Å². The van der Waals surface area contributed by atoms with Crippen molar-refractivity contribution < 1.29 is 13.5 Å². The van der Waals surface area contributed by atoms with Gasteiger partial charge in [0.1, 0.15) is 0 Å². The normalized spacial score (nSPS) is 29.4. The molecule has 0 amide bonds. The van der Waals surface area contributed by atoms with Gasteiger partial charge in [0.05, 0.1) is 6.61 Å². The minimum Gasteiger partial charge on any atom is -0.490 e. The molecule has 4 rings (SSSR count). The third kappa shape index (κ3) is 9.45. The Morgan fingerprint density at radius 3 is 1.68 bits per heavy atom. The Balaban J connectivity index is 1.13. The summed E-state index contributed by atoms with van der Waals surface area (Å²) < 4.78 is 36.0. The zero-order chi connectivity index (χ0) is 28.3. The summed E-state index contributed by atoms with van der Waals surface area (Å²) >= 11 is 0. The average molecular weight is 559 g/mol. The lowest BCUT2D eigenvalue weighted by molar-refractivity contribution is 0.165. The van der Waals surface area contributed by atoms with E-state index in [2.05, 4.69) is 13.8 Å². The Hall–Kier alpha value is -1.12. The van der Waals surface area contributed by atoms with Crippen molar-refractivity contribution in [2.45, 2.75) is 156 Å². The molecule has 3 saturated carbocycles. The fourth-order valence-electron chi connectivity index (χ4n) is 8.31. The molecule has 3 fully saturated rings. The first-order chi connectivity index (χ1) is 19.5. The molecule has 0 heterocycles. The van der Waals surface area contributed by atoms with Crippen LogP contribution in [0.25, 0.3) is 0 Å². The lowest BCUT2D eigenvalue weighted by atomic mass is 9.75. The van der Waals surface area contributed by atoms with Gasteiger partial charge in [0, 0.05) is 0 Å². The van der Waals surface area contributed by atoms with Crippen LogP contribution in [-0.2, 0) is 6.42 Å². The molecule has 0 spiro atoms. The topological polar surface area (TPSA) is 9.23 Å². The van der Waals surface area contributed by atoms with Crippen LogP contribution >= 0.6 is 0 Å². The van der Waals surface area contributed by atoms with Crippen LogP contribution in [0.4, 0.5) is 8.78 Å². The van der Waals surface area contributed by atoms with E-state index in [9.17, 15) is 4.39 Å². The van der Waals surface area contributed by atoms with Gasteiger partial charge in [0.15, 0.2) is 11.6 Å². The molecule has 0 aliphatic heterocycles. The van der Waals surface area contributed by atoms with Crippen LogP contribution in [0.3, 0.4) is 0 Å². The molecule has 0 atom stereocenters.